The molecule has 11 nitrogen and oxygen atoms in total. The maximum absolute atomic E-state index is 12.8. The summed E-state index contributed by atoms with van der Waals surface area (Å²) in [6.45, 7) is 2.09. The number of rotatable bonds is 15. The zero-order valence-corrected chi connectivity index (χ0v) is 21.7. The van der Waals surface area contributed by atoms with Crippen LogP contribution in [0.3, 0.4) is 0 Å². The number of nitro groups is 1. The lowest BCUT2D eigenvalue weighted by atomic mass is 9.96. The van der Waals surface area contributed by atoms with Gasteiger partial charge in [-0.15, -0.1) is 0 Å². The topological polar surface area (TPSA) is 153 Å². The Kier molecular flexibility index (Phi) is 11.2. The molecule has 0 saturated heterocycles. The van der Waals surface area contributed by atoms with Crippen LogP contribution in [-0.4, -0.2) is 29.3 Å². The molecule has 1 atom stereocenters. The van der Waals surface area contributed by atoms with Gasteiger partial charge < -0.3 is 15.1 Å². The van der Waals surface area contributed by atoms with Gasteiger partial charge in [0.1, 0.15) is 5.76 Å². The fraction of sp³-hybridized carbons (Fsp3) is 0.321. The fourth-order valence-electron chi connectivity index (χ4n) is 3.84. The van der Waals surface area contributed by atoms with Crippen molar-refractivity contribution in [3.8, 4) is 11.3 Å². The van der Waals surface area contributed by atoms with Crippen molar-refractivity contribution >= 4 is 23.4 Å². The second kappa shape index (κ2) is 15.0. The van der Waals surface area contributed by atoms with E-state index in [0.29, 0.717) is 17.7 Å². The molecule has 0 radical (unpaired) electrons. The Morgan fingerprint density at radius 1 is 1.00 bits per heavy atom. The second-order valence-electron chi connectivity index (χ2n) is 8.89. The van der Waals surface area contributed by atoms with Crippen molar-refractivity contribution in [2.75, 3.05) is 6.67 Å². The number of nitrogens with one attached hydrogen (secondary N) is 3. The minimum absolute atomic E-state index is 0.0137. The van der Waals surface area contributed by atoms with E-state index in [4.69, 9.17) is 9.25 Å². The molecule has 3 N–H and O–H groups in total. The normalized spacial score (nSPS) is 11.4. The Bertz CT molecular complexity index is 1260. The molecule has 206 valence electrons. The van der Waals surface area contributed by atoms with Gasteiger partial charge >= 0.3 is 0 Å². The van der Waals surface area contributed by atoms with E-state index in [9.17, 15) is 24.5 Å². The minimum atomic E-state index is -0.585. The molecular formula is C28H32N4O7. The number of non-ortho nitro benzene ring substituents is 1. The summed E-state index contributed by atoms with van der Waals surface area (Å²) < 4.78 is 5.54. The molecule has 0 aliphatic heterocycles. The van der Waals surface area contributed by atoms with E-state index in [1.807, 2.05) is 37.3 Å². The average Bonchev–Trinajstić information content (AvgIpc) is 3.44. The van der Waals surface area contributed by atoms with Gasteiger partial charge in [0.15, 0.2) is 5.76 Å². The van der Waals surface area contributed by atoms with E-state index in [0.717, 1.165) is 24.8 Å². The van der Waals surface area contributed by atoms with Crippen LogP contribution in [-0.2, 0) is 21.0 Å². The van der Waals surface area contributed by atoms with Gasteiger partial charge in [0, 0.05) is 30.0 Å². The predicted molar refractivity (Wildman–Crippen MR) is 143 cm³/mol. The van der Waals surface area contributed by atoms with Gasteiger partial charge in [0.2, 0.25) is 11.8 Å². The Hall–Kier alpha value is -4.51. The average molecular weight is 537 g/mol. The minimum Gasteiger partial charge on any atom is -0.451 e. The Labute approximate surface area is 226 Å². The third-order valence-corrected chi connectivity index (χ3v) is 5.91. The SMILES string of the molecule is CCCCC[C@H](CC(=O)NOCc1ccccc1)C(=O)NCNC(=O)c1ccc(-c2cccc([N+](=O)[O-])c2)o1. The Balaban J connectivity index is 1.48. The van der Waals surface area contributed by atoms with Gasteiger partial charge in [-0.25, -0.2) is 5.48 Å². The summed E-state index contributed by atoms with van der Waals surface area (Å²) in [5.41, 5.74) is 3.65. The Morgan fingerprint density at radius 2 is 1.79 bits per heavy atom. The van der Waals surface area contributed by atoms with E-state index < -0.39 is 22.7 Å². The summed E-state index contributed by atoms with van der Waals surface area (Å²) in [6.07, 6.45) is 3.15. The number of hydrogen-bond acceptors (Lipinski definition) is 7. The van der Waals surface area contributed by atoms with E-state index in [-0.39, 0.29) is 37.1 Å². The highest BCUT2D eigenvalue weighted by Gasteiger charge is 2.22. The molecule has 0 spiro atoms. The molecule has 39 heavy (non-hydrogen) atoms. The number of nitro benzene ring substituents is 1. The van der Waals surface area contributed by atoms with Crippen molar-refractivity contribution in [3.63, 3.8) is 0 Å². The van der Waals surface area contributed by atoms with Gasteiger partial charge in [-0.1, -0.05) is 68.7 Å². The molecule has 0 aliphatic rings. The summed E-state index contributed by atoms with van der Waals surface area (Å²) >= 11 is 0. The zero-order chi connectivity index (χ0) is 28.0. The molecule has 0 aliphatic carbocycles. The molecular weight excluding hydrogens is 504 g/mol. The monoisotopic (exact) mass is 536 g/mol. The first-order valence-electron chi connectivity index (χ1n) is 12.7. The number of hydrogen-bond donors (Lipinski definition) is 3. The van der Waals surface area contributed by atoms with Crippen LogP contribution in [0.25, 0.3) is 11.3 Å². The predicted octanol–water partition coefficient (Wildman–Crippen LogP) is 4.49. The molecule has 0 saturated carbocycles. The molecule has 3 aromatic rings. The van der Waals surface area contributed by atoms with Crippen LogP contribution in [0, 0.1) is 16.0 Å². The van der Waals surface area contributed by atoms with Crippen LogP contribution in [0.4, 0.5) is 5.69 Å². The van der Waals surface area contributed by atoms with Gasteiger partial charge in [0.25, 0.3) is 11.6 Å². The first-order chi connectivity index (χ1) is 18.9. The van der Waals surface area contributed by atoms with Crippen LogP contribution in [0.15, 0.2) is 71.1 Å². The third-order valence-electron chi connectivity index (χ3n) is 5.91. The number of hydroxylamine groups is 1. The summed E-state index contributed by atoms with van der Waals surface area (Å²) in [6, 6.07) is 18.2. The summed E-state index contributed by atoms with van der Waals surface area (Å²) in [4.78, 5) is 53.4. The van der Waals surface area contributed by atoms with Gasteiger partial charge in [0.05, 0.1) is 18.2 Å². The molecule has 1 aromatic heterocycles. The smallest absolute Gasteiger partial charge is 0.288 e. The first-order valence-corrected chi connectivity index (χ1v) is 12.7. The number of furan rings is 1. The van der Waals surface area contributed by atoms with Crippen molar-refractivity contribution in [2.45, 2.75) is 45.6 Å². The number of carbonyl (C=O) groups excluding carboxylic acids is 3. The van der Waals surface area contributed by atoms with Crippen LogP contribution >= 0.6 is 0 Å². The lowest BCUT2D eigenvalue weighted by molar-refractivity contribution is -0.384. The lowest BCUT2D eigenvalue weighted by Gasteiger charge is -2.17. The van der Waals surface area contributed by atoms with E-state index >= 15 is 0 Å². The van der Waals surface area contributed by atoms with Crippen LogP contribution in [0.2, 0.25) is 0 Å². The quantitative estimate of drug-likeness (QED) is 0.112. The summed E-state index contributed by atoms with van der Waals surface area (Å²) in [5.74, 6) is -1.64. The standard InChI is InChI=1S/C28H32N4O7/c1-2-3-5-11-22(17-26(33)31-38-18-20-9-6-4-7-10-20)27(34)29-19-30-28(35)25-15-14-24(39-25)21-12-8-13-23(16-21)32(36)37/h4,6-10,12-16,22H,2-3,5,11,17-19H2,1H3,(H,29,34)(H,30,35)(H,31,33)/t22-/m1/s1. The molecule has 3 amide bonds. The van der Waals surface area contributed by atoms with Crippen LogP contribution < -0.4 is 16.1 Å². The van der Waals surface area contributed by atoms with Gasteiger partial charge in [-0.05, 0) is 24.1 Å². The van der Waals surface area contributed by atoms with Crippen molar-refractivity contribution in [3.05, 3.63) is 88.2 Å². The van der Waals surface area contributed by atoms with Crippen molar-refractivity contribution < 1.29 is 28.6 Å². The molecule has 2 aromatic carbocycles. The van der Waals surface area contributed by atoms with Crippen LogP contribution in [0.1, 0.15) is 55.1 Å². The molecule has 0 bridgehead atoms. The van der Waals surface area contributed by atoms with Crippen molar-refractivity contribution in [2.24, 2.45) is 5.92 Å². The first kappa shape index (κ1) is 29.1. The lowest BCUT2D eigenvalue weighted by Crippen LogP contribution is -2.41. The van der Waals surface area contributed by atoms with Crippen molar-refractivity contribution in [1.29, 1.82) is 0 Å². The fourth-order valence-corrected chi connectivity index (χ4v) is 3.84. The molecule has 11 heteroatoms. The van der Waals surface area contributed by atoms with E-state index in [1.165, 1.54) is 30.3 Å². The highest BCUT2D eigenvalue weighted by atomic mass is 16.7. The summed E-state index contributed by atoms with van der Waals surface area (Å²) in [7, 11) is 0. The maximum Gasteiger partial charge on any atom is 0.288 e. The highest BCUT2D eigenvalue weighted by Crippen LogP contribution is 2.25. The molecule has 0 fully saturated rings. The van der Waals surface area contributed by atoms with E-state index in [2.05, 4.69) is 16.1 Å². The molecule has 0 unspecified atom stereocenters. The molecule has 3 rings (SSSR count). The largest absolute Gasteiger partial charge is 0.451 e. The number of carbonyl (C=O) groups is 3. The van der Waals surface area contributed by atoms with Gasteiger partial charge in [-0.3, -0.25) is 29.3 Å². The maximum atomic E-state index is 12.8. The third kappa shape index (κ3) is 9.38. The summed E-state index contributed by atoms with van der Waals surface area (Å²) in [5, 5.41) is 16.2. The second-order valence-corrected chi connectivity index (χ2v) is 8.89. The number of unbranched alkanes of at least 4 members (excludes halogenated alkanes) is 2. The van der Waals surface area contributed by atoms with Gasteiger partial charge in [-0.2, -0.15) is 0 Å². The molecule has 1 heterocycles. The van der Waals surface area contributed by atoms with Crippen molar-refractivity contribution in [1.82, 2.24) is 16.1 Å². The Morgan fingerprint density at radius 3 is 2.54 bits per heavy atom. The zero-order valence-electron chi connectivity index (χ0n) is 21.7. The number of nitrogens with zero attached hydrogens (tertiary/aromatic N) is 1. The van der Waals surface area contributed by atoms with Crippen LogP contribution in [0.5, 0.6) is 0 Å². The number of benzene rings is 2. The van der Waals surface area contributed by atoms with E-state index in [1.54, 1.807) is 6.07 Å². The number of amides is 3. The highest BCUT2D eigenvalue weighted by molar-refractivity contribution is 5.92.